The fraction of sp³-hybridized carbons (Fsp3) is 0.269. The van der Waals surface area contributed by atoms with Crippen LogP contribution in [0.25, 0.3) is 10.4 Å². The van der Waals surface area contributed by atoms with Gasteiger partial charge in [-0.1, -0.05) is 43.5 Å². The van der Waals surface area contributed by atoms with Gasteiger partial charge in [0.15, 0.2) is 0 Å². The first kappa shape index (κ1) is 22.6. The zero-order valence-corrected chi connectivity index (χ0v) is 19.0. The highest BCUT2D eigenvalue weighted by Gasteiger charge is 2.23. The van der Waals surface area contributed by atoms with Crippen LogP contribution in [0.5, 0.6) is 0 Å². The van der Waals surface area contributed by atoms with Gasteiger partial charge in [0.05, 0.1) is 11.3 Å². The highest BCUT2D eigenvalue weighted by molar-refractivity contribution is 7.17. The number of nitriles is 1. The van der Waals surface area contributed by atoms with Gasteiger partial charge in [0.25, 0.3) is 0 Å². The molecule has 0 saturated heterocycles. The molecular formula is C26H25N3O3S. The molecule has 0 spiro atoms. The molecule has 1 fully saturated rings. The second-order valence-corrected chi connectivity index (χ2v) is 9.31. The van der Waals surface area contributed by atoms with E-state index in [0.717, 1.165) is 29.0 Å². The molecule has 6 nitrogen and oxygen atoms in total. The van der Waals surface area contributed by atoms with Gasteiger partial charge in [-0.05, 0) is 60.7 Å². The van der Waals surface area contributed by atoms with Crippen molar-refractivity contribution >= 4 is 34.7 Å². The quantitative estimate of drug-likeness (QED) is 0.434. The number of nitrogens with zero attached hydrogens (tertiary/aromatic N) is 2. The number of thiophene rings is 1. The molecule has 0 radical (unpaired) electrons. The summed E-state index contributed by atoms with van der Waals surface area (Å²) in [4.78, 5) is 27.6. The average Bonchev–Trinajstić information content (AvgIpc) is 3.34. The minimum Gasteiger partial charge on any atom is -0.477 e. The van der Waals surface area contributed by atoms with Gasteiger partial charge in [0.2, 0.25) is 0 Å². The zero-order chi connectivity index (χ0) is 23.2. The van der Waals surface area contributed by atoms with Crippen LogP contribution >= 0.6 is 11.3 Å². The topological polar surface area (TPSA) is 93.4 Å². The van der Waals surface area contributed by atoms with Gasteiger partial charge in [-0.15, -0.1) is 11.3 Å². The van der Waals surface area contributed by atoms with Crippen LogP contribution in [0.1, 0.15) is 47.3 Å². The summed E-state index contributed by atoms with van der Waals surface area (Å²) in [5, 5.41) is 21.6. The summed E-state index contributed by atoms with van der Waals surface area (Å²) < 4.78 is 0. The molecule has 0 atom stereocenters. The molecule has 0 unspecified atom stereocenters. The maximum Gasteiger partial charge on any atom is 0.345 e. The number of para-hydroxylation sites is 1. The summed E-state index contributed by atoms with van der Waals surface area (Å²) in [6, 6.07) is 19.8. The highest BCUT2D eigenvalue weighted by atomic mass is 32.1. The SMILES string of the molecule is N#Cc1ccccc1NC(=O)N(CC1CCCCC1)c1cccc(-c2ccc(C(=O)O)s2)c1. The van der Waals surface area contributed by atoms with Crippen molar-refractivity contribution in [1.29, 1.82) is 5.26 Å². The number of aromatic carboxylic acids is 1. The molecule has 7 heteroatoms. The van der Waals surface area contributed by atoms with Crippen LogP contribution in [-0.4, -0.2) is 23.7 Å². The Morgan fingerprint density at radius 1 is 1.06 bits per heavy atom. The first-order valence-electron chi connectivity index (χ1n) is 11.1. The van der Waals surface area contributed by atoms with E-state index in [2.05, 4.69) is 11.4 Å². The molecule has 33 heavy (non-hydrogen) atoms. The minimum atomic E-state index is -0.947. The Labute approximate surface area is 197 Å². The second kappa shape index (κ2) is 10.3. The fourth-order valence-electron chi connectivity index (χ4n) is 4.24. The third-order valence-electron chi connectivity index (χ3n) is 5.96. The molecule has 1 heterocycles. The van der Waals surface area contributed by atoms with Crippen LogP contribution in [-0.2, 0) is 0 Å². The molecule has 4 rings (SSSR count). The van der Waals surface area contributed by atoms with Crippen LogP contribution in [0.4, 0.5) is 16.2 Å². The van der Waals surface area contributed by atoms with Crippen LogP contribution in [0.2, 0.25) is 0 Å². The van der Waals surface area contributed by atoms with E-state index in [1.807, 2.05) is 24.3 Å². The van der Waals surface area contributed by atoms with E-state index in [9.17, 15) is 20.0 Å². The van der Waals surface area contributed by atoms with Crippen molar-refractivity contribution in [2.24, 2.45) is 5.92 Å². The molecule has 1 aromatic heterocycles. The van der Waals surface area contributed by atoms with Crippen LogP contribution < -0.4 is 10.2 Å². The smallest absolute Gasteiger partial charge is 0.345 e. The van der Waals surface area contributed by atoms with Crippen molar-refractivity contribution < 1.29 is 14.7 Å². The Balaban J connectivity index is 1.64. The number of carbonyl (C=O) groups excluding carboxylic acids is 1. The van der Waals surface area contributed by atoms with Crippen molar-refractivity contribution in [3.8, 4) is 16.5 Å². The summed E-state index contributed by atoms with van der Waals surface area (Å²) in [6.45, 7) is 0.592. The number of benzene rings is 2. The Hall–Kier alpha value is -3.63. The summed E-state index contributed by atoms with van der Waals surface area (Å²) in [6.07, 6.45) is 5.75. The van der Waals surface area contributed by atoms with E-state index < -0.39 is 5.97 Å². The van der Waals surface area contributed by atoms with E-state index >= 15 is 0 Å². The van der Waals surface area contributed by atoms with Gasteiger partial charge in [-0.25, -0.2) is 9.59 Å². The number of carboxylic acid groups (broad SMARTS) is 1. The van der Waals surface area contributed by atoms with Crippen LogP contribution in [0.3, 0.4) is 0 Å². The normalized spacial score (nSPS) is 13.8. The van der Waals surface area contributed by atoms with Crippen molar-refractivity contribution in [3.63, 3.8) is 0 Å². The van der Waals surface area contributed by atoms with Gasteiger partial charge in [-0.3, -0.25) is 4.90 Å². The third-order valence-corrected chi connectivity index (χ3v) is 7.08. The first-order valence-corrected chi connectivity index (χ1v) is 11.9. The number of amides is 2. The molecule has 2 N–H and O–H groups in total. The lowest BCUT2D eigenvalue weighted by Gasteiger charge is -2.30. The van der Waals surface area contributed by atoms with Gasteiger partial charge >= 0.3 is 12.0 Å². The van der Waals surface area contributed by atoms with Crippen molar-refractivity contribution in [2.45, 2.75) is 32.1 Å². The number of urea groups is 1. The van der Waals surface area contributed by atoms with E-state index in [1.54, 1.807) is 41.3 Å². The summed E-state index contributed by atoms with van der Waals surface area (Å²) in [7, 11) is 0. The highest BCUT2D eigenvalue weighted by Crippen LogP contribution is 2.33. The van der Waals surface area contributed by atoms with Gasteiger partial charge < -0.3 is 10.4 Å². The Morgan fingerprint density at radius 2 is 1.85 bits per heavy atom. The summed E-state index contributed by atoms with van der Waals surface area (Å²) >= 11 is 1.21. The largest absolute Gasteiger partial charge is 0.477 e. The molecule has 2 aromatic carbocycles. The maximum absolute atomic E-state index is 13.4. The monoisotopic (exact) mass is 459 g/mol. The van der Waals surface area contributed by atoms with Crippen LogP contribution in [0.15, 0.2) is 60.7 Å². The van der Waals surface area contributed by atoms with Crippen molar-refractivity contribution in [3.05, 3.63) is 71.1 Å². The Kier molecular flexibility index (Phi) is 7.06. The average molecular weight is 460 g/mol. The van der Waals surface area contributed by atoms with Gasteiger partial charge in [-0.2, -0.15) is 5.26 Å². The number of rotatable bonds is 6. The minimum absolute atomic E-state index is 0.278. The lowest BCUT2D eigenvalue weighted by Crippen LogP contribution is -2.39. The molecule has 1 aliphatic carbocycles. The predicted octanol–water partition coefficient (Wildman–Crippen LogP) is 6.60. The molecule has 2 amide bonds. The number of carbonyl (C=O) groups is 2. The van der Waals surface area contributed by atoms with E-state index in [4.69, 9.17) is 0 Å². The van der Waals surface area contributed by atoms with Crippen LogP contribution in [0, 0.1) is 17.2 Å². The summed E-state index contributed by atoms with van der Waals surface area (Å²) in [5.41, 5.74) is 2.51. The van der Waals surface area contributed by atoms with E-state index in [-0.39, 0.29) is 10.9 Å². The molecule has 1 saturated carbocycles. The number of nitrogens with one attached hydrogen (secondary N) is 1. The zero-order valence-electron chi connectivity index (χ0n) is 18.2. The number of anilines is 2. The Bertz CT molecular complexity index is 1190. The van der Waals surface area contributed by atoms with E-state index in [0.29, 0.717) is 23.7 Å². The maximum atomic E-state index is 13.4. The molecule has 0 aliphatic heterocycles. The molecular weight excluding hydrogens is 434 g/mol. The molecule has 1 aliphatic rings. The fourth-order valence-corrected chi connectivity index (χ4v) is 5.08. The Morgan fingerprint density at radius 3 is 2.58 bits per heavy atom. The summed E-state index contributed by atoms with van der Waals surface area (Å²) in [5.74, 6) is -0.531. The van der Waals surface area contributed by atoms with E-state index in [1.165, 1.54) is 30.6 Å². The molecule has 0 bridgehead atoms. The third kappa shape index (κ3) is 5.41. The molecule has 3 aromatic rings. The predicted molar refractivity (Wildman–Crippen MR) is 131 cm³/mol. The second-order valence-electron chi connectivity index (χ2n) is 8.22. The number of carboxylic acids is 1. The van der Waals surface area contributed by atoms with Crippen molar-refractivity contribution in [2.75, 3.05) is 16.8 Å². The standard InChI is InChI=1S/C26H25N3O3S/c27-16-20-9-4-5-12-22(20)28-26(32)29(17-18-7-2-1-3-8-18)21-11-6-10-19(15-21)23-13-14-24(33-23)25(30)31/h4-6,9-15,18H,1-3,7-8,17H2,(H,28,32)(H,30,31). The van der Waals surface area contributed by atoms with Gasteiger partial charge in [0, 0.05) is 17.1 Å². The molecule has 168 valence electrons. The lowest BCUT2D eigenvalue weighted by atomic mass is 9.89. The lowest BCUT2D eigenvalue weighted by molar-refractivity contribution is 0.0702. The van der Waals surface area contributed by atoms with Gasteiger partial charge in [0.1, 0.15) is 10.9 Å². The van der Waals surface area contributed by atoms with Crippen molar-refractivity contribution in [1.82, 2.24) is 0 Å². The number of hydrogen-bond donors (Lipinski definition) is 2. The number of hydrogen-bond acceptors (Lipinski definition) is 4. The first-order chi connectivity index (χ1) is 16.0.